The van der Waals surface area contributed by atoms with Crippen LogP contribution in [0.4, 0.5) is 0 Å². The van der Waals surface area contributed by atoms with E-state index in [9.17, 15) is 13.2 Å². The zero-order chi connectivity index (χ0) is 15.0. The first-order chi connectivity index (χ1) is 9.18. The fourth-order valence-corrected chi connectivity index (χ4v) is 5.08. The molecule has 116 valence electrons. The van der Waals surface area contributed by atoms with Crippen LogP contribution in [0.25, 0.3) is 0 Å². The zero-order valence-electron chi connectivity index (χ0n) is 12.9. The highest BCUT2D eigenvalue weighted by atomic mass is 32.2. The van der Waals surface area contributed by atoms with Crippen molar-refractivity contribution in [3.63, 3.8) is 0 Å². The van der Waals surface area contributed by atoms with E-state index < -0.39 is 14.6 Å². The molecule has 2 fully saturated rings. The largest absolute Gasteiger partial charge is 0.341 e. The van der Waals surface area contributed by atoms with E-state index in [1.165, 1.54) is 6.26 Å². The van der Waals surface area contributed by atoms with Crippen LogP contribution in [0.15, 0.2) is 0 Å². The molecular weight excluding hydrogens is 274 g/mol. The van der Waals surface area contributed by atoms with Crippen molar-refractivity contribution in [1.29, 1.82) is 0 Å². The van der Waals surface area contributed by atoms with Crippen molar-refractivity contribution >= 4 is 15.7 Å². The molecule has 1 saturated carbocycles. The van der Waals surface area contributed by atoms with E-state index in [4.69, 9.17) is 0 Å². The zero-order valence-corrected chi connectivity index (χ0v) is 13.8. The second-order valence-corrected chi connectivity index (χ2v) is 9.61. The molecule has 2 rings (SSSR count). The number of amides is 1. The lowest BCUT2D eigenvalue weighted by Crippen LogP contribution is -2.52. The Morgan fingerprint density at radius 1 is 0.950 bits per heavy atom. The third kappa shape index (κ3) is 2.87. The lowest BCUT2D eigenvalue weighted by atomic mass is 9.85. The average molecular weight is 301 g/mol. The predicted molar refractivity (Wildman–Crippen MR) is 80.3 cm³/mol. The molecule has 0 aromatic rings. The van der Waals surface area contributed by atoms with E-state index in [1.54, 1.807) is 0 Å². The molecule has 0 bridgehead atoms. The van der Waals surface area contributed by atoms with Crippen molar-refractivity contribution in [3.05, 3.63) is 0 Å². The van der Waals surface area contributed by atoms with Crippen LogP contribution in [-0.4, -0.2) is 43.3 Å². The van der Waals surface area contributed by atoms with Gasteiger partial charge in [0.05, 0.1) is 0 Å². The van der Waals surface area contributed by atoms with Gasteiger partial charge in [-0.2, -0.15) is 0 Å². The second-order valence-electron chi connectivity index (χ2n) is 7.28. The second kappa shape index (κ2) is 5.32. The molecule has 0 radical (unpaired) electrons. The summed E-state index contributed by atoms with van der Waals surface area (Å²) in [5, 5.41) is 0. The van der Waals surface area contributed by atoms with Crippen molar-refractivity contribution < 1.29 is 13.2 Å². The Bertz CT molecular complexity index is 475. The molecule has 1 aliphatic heterocycles. The van der Waals surface area contributed by atoms with Gasteiger partial charge in [0.2, 0.25) is 5.91 Å². The van der Waals surface area contributed by atoms with Crippen molar-refractivity contribution in [2.45, 2.75) is 63.5 Å². The van der Waals surface area contributed by atoms with Crippen molar-refractivity contribution in [2.75, 3.05) is 19.3 Å². The summed E-state index contributed by atoms with van der Waals surface area (Å²) >= 11 is 0. The van der Waals surface area contributed by atoms with Gasteiger partial charge in [-0.25, -0.2) is 8.42 Å². The van der Waals surface area contributed by atoms with Crippen LogP contribution < -0.4 is 0 Å². The molecule has 0 spiro atoms. The van der Waals surface area contributed by atoms with Crippen molar-refractivity contribution in [2.24, 2.45) is 5.41 Å². The summed E-state index contributed by atoms with van der Waals surface area (Å²) < 4.78 is 23.3. The van der Waals surface area contributed by atoms with E-state index in [-0.39, 0.29) is 11.3 Å². The highest BCUT2D eigenvalue weighted by Crippen LogP contribution is 2.39. The minimum absolute atomic E-state index is 0.129. The number of carbonyl (C=O) groups excluding carboxylic acids is 1. The van der Waals surface area contributed by atoms with Crippen LogP contribution >= 0.6 is 0 Å². The Balaban J connectivity index is 2.21. The lowest BCUT2D eigenvalue weighted by Gasteiger charge is -2.32. The molecule has 4 nitrogen and oxygen atoms in total. The van der Waals surface area contributed by atoms with E-state index in [0.29, 0.717) is 25.9 Å². The number of sulfone groups is 1. The number of rotatable bonds is 2. The minimum atomic E-state index is -3.34. The lowest BCUT2D eigenvalue weighted by molar-refractivity contribution is -0.133. The molecule has 1 aliphatic carbocycles. The maximum absolute atomic E-state index is 12.9. The maximum Gasteiger partial charge on any atom is 0.244 e. The van der Waals surface area contributed by atoms with Crippen LogP contribution in [0.5, 0.6) is 0 Å². The van der Waals surface area contributed by atoms with Crippen LogP contribution in [0.1, 0.15) is 58.8 Å². The molecule has 0 aromatic carbocycles. The van der Waals surface area contributed by atoms with Crippen LogP contribution in [-0.2, 0) is 14.6 Å². The van der Waals surface area contributed by atoms with Gasteiger partial charge in [0, 0.05) is 19.3 Å². The highest BCUT2D eigenvalue weighted by molar-refractivity contribution is 7.92. The number of likely N-dealkylation sites (tertiary alicyclic amines) is 1. The van der Waals surface area contributed by atoms with Gasteiger partial charge >= 0.3 is 0 Å². The van der Waals surface area contributed by atoms with Gasteiger partial charge in [-0.15, -0.1) is 0 Å². The Labute approximate surface area is 122 Å². The summed E-state index contributed by atoms with van der Waals surface area (Å²) in [6.07, 6.45) is 6.96. The van der Waals surface area contributed by atoms with Crippen LogP contribution in [0.2, 0.25) is 0 Å². The average Bonchev–Trinajstić information content (AvgIpc) is 2.76. The summed E-state index contributed by atoms with van der Waals surface area (Å²) in [5.74, 6) is -0.129. The number of nitrogens with zero attached hydrogens (tertiary/aromatic N) is 1. The normalized spacial score (nSPS) is 26.2. The molecule has 1 saturated heterocycles. The first kappa shape index (κ1) is 15.8. The molecule has 0 N–H and O–H groups in total. The smallest absolute Gasteiger partial charge is 0.244 e. The van der Waals surface area contributed by atoms with Gasteiger partial charge in [-0.1, -0.05) is 26.7 Å². The van der Waals surface area contributed by atoms with Gasteiger partial charge < -0.3 is 4.90 Å². The summed E-state index contributed by atoms with van der Waals surface area (Å²) in [6, 6.07) is 0. The van der Waals surface area contributed by atoms with Crippen molar-refractivity contribution in [3.8, 4) is 0 Å². The number of hydrogen-bond acceptors (Lipinski definition) is 3. The third-order valence-corrected chi connectivity index (χ3v) is 7.14. The topological polar surface area (TPSA) is 54.5 Å². The summed E-state index contributed by atoms with van der Waals surface area (Å²) in [6.45, 7) is 5.86. The molecule has 20 heavy (non-hydrogen) atoms. The van der Waals surface area contributed by atoms with E-state index in [1.807, 2.05) is 4.90 Å². The first-order valence-electron chi connectivity index (χ1n) is 7.67. The Hall–Kier alpha value is -0.580. The minimum Gasteiger partial charge on any atom is -0.341 e. The van der Waals surface area contributed by atoms with Crippen LogP contribution in [0.3, 0.4) is 0 Å². The molecular formula is C15H27NO3S. The molecule has 0 aromatic heterocycles. The Morgan fingerprint density at radius 2 is 1.55 bits per heavy atom. The summed E-state index contributed by atoms with van der Waals surface area (Å²) in [4.78, 5) is 14.7. The molecule has 0 atom stereocenters. The molecule has 5 heteroatoms. The van der Waals surface area contributed by atoms with Gasteiger partial charge in [0.25, 0.3) is 0 Å². The molecule has 0 unspecified atom stereocenters. The summed E-state index contributed by atoms with van der Waals surface area (Å²) in [7, 11) is -3.34. The molecule has 1 heterocycles. The van der Waals surface area contributed by atoms with Gasteiger partial charge in [0.15, 0.2) is 14.6 Å². The highest BCUT2D eigenvalue weighted by Gasteiger charge is 2.51. The SMILES string of the molecule is CC1(C)CCCN(C(=O)C2(S(C)(=O)=O)CCCC2)CC1. The van der Waals surface area contributed by atoms with E-state index >= 15 is 0 Å². The Kier molecular flexibility index (Phi) is 4.20. The third-order valence-electron chi connectivity index (χ3n) is 5.14. The monoisotopic (exact) mass is 301 g/mol. The van der Waals surface area contributed by atoms with E-state index in [2.05, 4.69) is 13.8 Å². The maximum atomic E-state index is 12.9. The van der Waals surface area contributed by atoms with Crippen molar-refractivity contribution in [1.82, 2.24) is 4.90 Å². The fraction of sp³-hybridized carbons (Fsp3) is 0.933. The van der Waals surface area contributed by atoms with Gasteiger partial charge in [-0.05, 0) is 37.5 Å². The molecule has 2 aliphatic rings. The fourth-order valence-electron chi connectivity index (χ4n) is 3.60. The molecule has 1 amide bonds. The summed E-state index contributed by atoms with van der Waals surface area (Å²) in [5.41, 5.74) is 0.253. The van der Waals surface area contributed by atoms with Gasteiger partial charge in [0.1, 0.15) is 0 Å². The number of carbonyl (C=O) groups is 1. The van der Waals surface area contributed by atoms with Crippen LogP contribution in [0, 0.1) is 5.41 Å². The Morgan fingerprint density at radius 3 is 2.10 bits per heavy atom. The quantitative estimate of drug-likeness (QED) is 0.787. The van der Waals surface area contributed by atoms with E-state index in [0.717, 1.165) is 32.1 Å². The number of hydrogen-bond donors (Lipinski definition) is 0. The van der Waals surface area contributed by atoms with Gasteiger partial charge in [-0.3, -0.25) is 4.79 Å². The standard InChI is InChI=1S/C15H27NO3S/c1-14(2)7-6-11-16(12-10-14)13(17)15(20(3,18)19)8-4-5-9-15/h4-12H2,1-3H3. The predicted octanol–water partition coefficient (Wildman–Crippen LogP) is 2.38. The first-order valence-corrected chi connectivity index (χ1v) is 9.56.